The van der Waals surface area contributed by atoms with Crippen LogP contribution in [0.25, 0.3) is 10.9 Å². The van der Waals surface area contributed by atoms with Crippen molar-refractivity contribution in [2.75, 3.05) is 0 Å². The first kappa shape index (κ1) is 8.78. The average Bonchev–Trinajstić information content (AvgIpc) is 2.43. The lowest BCUT2D eigenvalue weighted by Crippen LogP contribution is -1.75. The lowest BCUT2D eigenvalue weighted by molar-refractivity contribution is 0.112. The van der Waals surface area contributed by atoms with Crippen molar-refractivity contribution in [1.82, 2.24) is 4.98 Å². The Balaban J connectivity index is 2.93. The van der Waals surface area contributed by atoms with Gasteiger partial charge in [0.1, 0.15) is 5.15 Å². The summed E-state index contributed by atoms with van der Waals surface area (Å²) in [6.07, 6.45) is 0.758. The quantitative estimate of drug-likeness (QED) is 0.781. The van der Waals surface area contributed by atoms with Crippen molar-refractivity contribution in [3.05, 3.63) is 33.4 Å². The third-order valence-electron chi connectivity index (χ3n) is 1.89. The molecule has 1 N–H and O–H groups in total. The Labute approximate surface area is 88.0 Å². The molecule has 0 radical (unpaired) electrons. The molecule has 0 atom stereocenters. The van der Waals surface area contributed by atoms with Crippen LogP contribution in [-0.2, 0) is 0 Å². The van der Waals surface area contributed by atoms with Crippen molar-refractivity contribution in [2.24, 2.45) is 0 Å². The molecule has 0 saturated heterocycles. The van der Waals surface area contributed by atoms with Gasteiger partial charge < -0.3 is 4.98 Å². The summed E-state index contributed by atoms with van der Waals surface area (Å²) in [6.45, 7) is 0. The topological polar surface area (TPSA) is 32.9 Å². The van der Waals surface area contributed by atoms with Crippen LogP contribution in [-0.4, -0.2) is 11.3 Å². The fourth-order valence-corrected chi connectivity index (χ4v) is 1.99. The molecule has 0 fully saturated rings. The smallest absolute Gasteiger partial charge is 0.153 e. The Morgan fingerprint density at radius 1 is 1.46 bits per heavy atom. The van der Waals surface area contributed by atoms with Crippen LogP contribution in [0.15, 0.2) is 22.7 Å². The van der Waals surface area contributed by atoms with Gasteiger partial charge in [0, 0.05) is 9.86 Å². The zero-order valence-corrected chi connectivity index (χ0v) is 8.82. The van der Waals surface area contributed by atoms with E-state index in [9.17, 15) is 4.79 Å². The van der Waals surface area contributed by atoms with Gasteiger partial charge in [-0.3, -0.25) is 4.79 Å². The van der Waals surface area contributed by atoms with Crippen molar-refractivity contribution < 1.29 is 4.79 Å². The second-order valence-corrected chi connectivity index (χ2v) is 3.87. The number of aromatic nitrogens is 1. The largest absolute Gasteiger partial charge is 0.344 e. The van der Waals surface area contributed by atoms with Gasteiger partial charge in [-0.1, -0.05) is 23.7 Å². The molecule has 0 unspecified atom stereocenters. The molecule has 2 nitrogen and oxygen atoms in total. The fraction of sp³-hybridized carbons (Fsp3) is 0. The van der Waals surface area contributed by atoms with Gasteiger partial charge in [-0.25, -0.2) is 0 Å². The van der Waals surface area contributed by atoms with Gasteiger partial charge in [0.15, 0.2) is 6.29 Å². The second-order valence-electron chi connectivity index (χ2n) is 2.63. The van der Waals surface area contributed by atoms with E-state index >= 15 is 0 Å². The standard InChI is InChI=1S/C9H5BrClNO/c10-7-3-1-2-5-6(4-13)9(11)12-8(5)7/h1-4,12H. The summed E-state index contributed by atoms with van der Waals surface area (Å²) in [5.41, 5.74) is 1.37. The van der Waals surface area contributed by atoms with E-state index in [-0.39, 0.29) is 0 Å². The normalized spacial score (nSPS) is 10.6. The Bertz CT molecular complexity index is 478. The van der Waals surface area contributed by atoms with Crippen LogP contribution in [0, 0.1) is 0 Å². The fourth-order valence-electron chi connectivity index (χ4n) is 1.29. The van der Waals surface area contributed by atoms with Crippen molar-refractivity contribution in [2.45, 2.75) is 0 Å². The van der Waals surface area contributed by atoms with Gasteiger partial charge in [0.25, 0.3) is 0 Å². The molecule has 0 aliphatic heterocycles. The Morgan fingerprint density at radius 3 is 2.92 bits per heavy atom. The maximum atomic E-state index is 10.7. The van der Waals surface area contributed by atoms with E-state index in [2.05, 4.69) is 20.9 Å². The molecule has 0 bridgehead atoms. The minimum absolute atomic E-state index is 0.386. The van der Waals surface area contributed by atoms with Crippen LogP contribution in [0.5, 0.6) is 0 Å². The minimum atomic E-state index is 0.386. The Morgan fingerprint density at radius 2 is 2.23 bits per heavy atom. The van der Waals surface area contributed by atoms with Gasteiger partial charge in [0.05, 0.1) is 11.1 Å². The van der Waals surface area contributed by atoms with Crippen molar-refractivity contribution in [1.29, 1.82) is 0 Å². The summed E-state index contributed by atoms with van der Waals surface area (Å²) < 4.78 is 0.903. The second kappa shape index (κ2) is 3.16. The number of carbonyl (C=O) groups is 1. The molecular weight excluding hydrogens is 253 g/mol. The van der Waals surface area contributed by atoms with E-state index in [0.29, 0.717) is 10.7 Å². The molecule has 1 aromatic heterocycles. The number of aromatic amines is 1. The van der Waals surface area contributed by atoms with Crippen LogP contribution in [0.4, 0.5) is 0 Å². The average molecular weight is 259 g/mol. The lowest BCUT2D eigenvalue weighted by Gasteiger charge is -1.92. The predicted octanol–water partition coefficient (Wildman–Crippen LogP) is 3.40. The lowest BCUT2D eigenvalue weighted by atomic mass is 10.2. The SMILES string of the molecule is O=Cc1c(Cl)[nH]c2c(Br)cccc12. The Hall–Kier alpha value is -0.800. The molecule has 0 amide bonds. The number of nitrogens with one attached hydrogen (secondary N) is 1. The van der Waals surface area contributed by atoms with E-state index in [1.165, 1.54) is 0 Å². The molecule has 0 aliphatic carbocycles. The molecule has 1 heterocycles. The molecule has 1 aromatic carbocycles. The first-order valence-electron chi connectivity index (χ1n) is 3.65. The highest BCUT2D eigenvalue weighted by molar-refractivity contribution is 9.10. The molecule has 0 saturated carbocycles. The van der Waals surface area contributed by atoms with Crippen LogP contribution in [0.1, 0.15) is 10.4 Å². The number of hydrogen-bond donors (Lipinski definition) is 1. The van der Waals surface area contributed by atoms with Crippen molar-refractivity contribution in [3.8, 4) is 0 Å². The van der Waals surface area contributed by atoms with Crippen LogP contribution in [0.2, 0.25) is 5.15 Å². The van der Waals surface area contributed by atoms with Gasteiger partial charge in [-0.05, 0) is 22.0 Å². The number of fused-ring (bicyclic) bond motifs is 1. The number of benzene rings is 1. The van der Waals surface area contributed by atoms with Crippen LogP contribution < -0.4 is 0 Å². The summed E-state index contributed by atoms with van der Waals surface area (Å²) in [7, 11) is 0. The summed E-state index contributed by atoms with van der Waals surface area (Å²) in [5.74, 6) is 0. The summed E-state index contributed by atoms with van der Waals surface area (Å²) >= 11 is 9.20. The van der Waals surface area contributed by atoms with Gasteiger partial charge in [-0.2, -0.15) is 0 Å². The number of halogens is 2. The molecular formula is C9H5BrClNO. The summed E-state index contributed by atoms with van der Waals surface area (Å²) in [4.78, 5) is 13.6. The molecule has 0 aliphatic rings. The predicted molar refractivity (Wildman–Crippen MR) is 56.4 cm³/mol. The number of rotatable bonds is 1. The highest BCUT2D eigenvalue weighted by Crippen LogP contribution is 2.29. The maximum absolute atomic E-state index is 10.7. The minimum Gasteiger partial charge on any atom is -0.344 e. The molecule has 2 rings (SSSR count). The van der Waals surface area contributed by atoms with Crippen LogP contribution >= 0.6 is 27.5 Å². The maximum Gasteiger partial charge on any atom is 0.153 e. The van der Waals surface area contributed by atoms with E-state index in [1.807, 2.05) is 18.2 Å². The molecule has 0 spiro atoms. The number of carbonyl (C=O) groups excluding carboxylic acids is 1. The van der Waals surface area contributed by atoms with Crippen molar-refractivity contribution in [3.63, 3.8) is 0 Å². The molecule has 66 valence electrons. The molecule has 2 aromatic rings. The monoisotopic (exact) mass is 257 g/mol. The first-order valence-corrected chi connectivity index (χ1v) is 4.82. The number of para-hydroxylation sites is 1. The highest BCUT2D eigenvalue weighted by atomic mass is 79.9. The van der Waals surface area contributed by atoms with E-state index in [0.717, 1.165) is 21.7 Å². The summed E-state index contributed by atoms with van der Waals surface area (Å²) in [6, 6.07) is 5.61. The van der Waals surface area contributed by atoms with Gasteiger partial charge >= 0.3 is 0 Å². The van der Waals surface area contributed by atoms with E-state index in [1.54, 1.807) is 0 Å². The number of hydrogen-bond acceptors (Lipinski definition) is 1. The van der Waals surface area contributed by atoms with Crippen LogP contribution in [0.3, 0.4) is 0 Å². The Kier molecular flexibility index (Phi) is 2.14. The first-order chi connectivity index (χ1) is 6.24. The summed E-state index contributed by atoms with van der Waals surface area (Å²) in [5, 5.41) is 1.23. The van der Waals surface area contributed by atoms with E-state index in [4.69, 9.17) is 11.6 Å². The van der Waals surface area contributed by atoms with Gasteiger partial charge in [0.2, 0.25) is 0 Å². The third kappa shape index (κ3) is 1.28. The molecule has 13 heavy (non-hydrogen) atoms. The zero-order chi connectivity index (χ0) is 9.42. The van der Waals surface area contributed by atoms with Crippen molar-refractivity contribution >= 4 is 44.7 Å². The van der Waals surface area contributed by atoms with Gasteiger partial charge in [-0.15, -0.1) is 0 Å². The number of H-pyrrole nitrogens is 1. The highest BCUT2D eigenvalue weighted by Gasteiger charge is 2.09. The third-order valence-corrected chi connectivity index (χ3v) is 2.85. The number of aldehydes is 1. The molecule has 4 heteroatoms. The van der Waals surface area contributed by atoms with E-state index < -0.39 is 0 Å². The zero-order valence-electron chi connectivity index (χ0n) is 6.47.